The summed E-state index contributed by atoms with van der Waals surface area (Å²) < 4.78 is 0. The second kappa shape index (κ2) is 5.06. The zero-order valence-electron chi connectivity index (χ0n) is 12.4. The van der Waals surface area contributed by atoms with Crippen molar-refractivity contribution in [2.45, 2.75) is 58.3 Å². The van der Waals surface area contributed by atoms with Crippen LogP contribution in [0.2, 0.25) is 0 Å². The van der Waals surface area contributed by atoms with Gasteiger partial charge in [-0.1, -0.05) is 20.8 Å². The van der Waals surface area contributed by atoms with Crippen molar-refractivity contribution in [3.63, 3.8) is 0 Å². The Labute approximate surface area is 116 Å². The molecule has 4 aliphatic heterocycles. The van der Waals surface area contributed by atoms with E-state index in [0.29, 0.717) is 17.9 Å². The lowest BCUT2D eigenvalue weighted by atomic mass is 9.82. The van der Waals surface area contributed by atoms with E-state index in [1.54, 1.807) is 0 Å². The quantitative estimate of drug-likeness (QED) is 0.835. The summed E-state index contributed by atoms with van der Waals surface area (Å²) in [7, 11) is 0. The smallest absolute Gasteiger partial charge is 0.241 e. The molecule has 4 saturated heterocycles. The van der Waals surface area contributed by atoms with Crippen molar-refractivity contribution >= 4 is 5.91 Å². The van der Waals surface area contributed by atoms with Gasteiger partial charge in [0.25, 0.3) is 0 Å². The van der Waals surface area contributed by atoms with E-state index < -0.39 is 0 Å². The fourth-order valence-electron chi connectivity index (χ4n) is 4.10. The molecule has 4 rings (SSSR count). The van der Waals surface area contributed by atoms with Crippen LogP contribution in [-0.4, -0.2) is 53.6 Å². The maximum Gasteiger partial charge on any atom is 0.241 e. The molecule has 0 aliphatic carbocycles. The van der Waals surface area contributed by atoms with Crippen LogP contribution in [0.25, 0.3) is 0 Å². The Morgan fingerprint density at radius 2 is 2.00 bits per heavy atom. The van der Waals surface area contributed by atoms with Gasteiger partial charge in [-0.2, -0.15) is 0 Å². The summed E-state index contributed by atoms with van der Waals surface area (Å²) in [5.41, 5.74) is 0. The van der Waals surface area contributed by atoms with Crippen LogP contribution in [-0.2, 0) is 4.79 Å². The molecule has 0 spiro atoms. The van der Waals surface area contributed by atoms with Crippen LogP contribution in [0.1, 0.15) is 40.0 Å². The van der Waals surface area contributed by atoms with Gasteiger partial charge in [0.2, 0.25) is 5.91 Å². The molecule has 2 bridgehead atoms. The lowest BCUT2D eigenvalue weighted by Gasteiger charge is -2.49. The van der Waals surface area contributed by atoms with Crippen LogP contribution in [0.4, 0.5) is 0 Å². The van der Waals surface area contributed by atoms with Crippen molar-refractivity contribution in [1.82, 2.24) is 15.1 Å². The molecule has 4 aliphatic rings. The van der Waals surface area contributed by atoms with Crippen molar-refractivity contribution in [1.29, 1.82) is 0 Å². The first-order valence-electron chi connectivity index (χ1n) is 7.92. The molecule has 0 radical (unpaired) electrons. The Hall–Kier alpha value is -0.610. The lowest BCUT2D eigenvalue weighted by Crippen LogP contribution is -2.60. The number of amides is 1. The molecule has 0 aromatic heterocycles. The van der Waals surface area contributed by atoms with Crippen molar-refractivity contribution in [3.8, 4) is 0 Å². The summed E-state index contributed by atoms with van der Waals surface area (Å²) in [5, 5.41) is 3.55. The van der Waals surface area contributed by atoms with E-state index in [9.17, 15) is 4.79 Å². The van der Waals surface area contributed by atoms with Crippen molar-refractivity contribution < 1.29 is 4.79 Å². The highest BCUT2D eigenvalue weighted by molar-refractivity contribution is 5.84. The van der Waals surface area contributed by atoms with Gasteiger partial charge in [-0.3, -0.25) is 10.1 Å². The summed E-state index contributed by atoms with van der Waals surface area (Å²) in [5.74, 6) is 1.56. The Morgan fingerprint density at radius 1 is 1.32 bits per heavy atom. The fourth-order valence-corrected chi connectivity index (χ4v) is 4.10. The first kappa shape index (κ1) is 13.4. The van der Waals surface area contributed by atoms with Crippen LogP contribution in [0.5, 0.6) is 0 Å². The number of hydrogen-bond donors (Lipinski definition) is 1. The molecule has 0 saturated carbocycles. The summed E-state index contributed by atoms with van der Waals surface area (Å²) >= 11 is 0. The molecular weight excluding hydrogens is 238 g/mol. The molecule has 3 unspecified atom stereocenters. The topological polar surface area (TPSA) is 35.6 Å². The zero-order chi connectivity index (χ0) is 13.6. The highest BCUT2D eigenvalue weighted by atomic mass is 16.2. The Morgan fingerprint density at radius 3 is 2.47 bits per heavy atom. The summed E-state index contributed by atoms with van der Waals surface area (Å²) in [6.07, 6.45) is 3.69. The van der Waals surface area contributed by atoms with E-state index in [0.717, 1.165) is 18.9 Å². The molecule has 1 amide bonds. The van der Waals surface area contributed by atoms with E-state index in [-0.39, 0.29) is 12.2 Å². The van der Waals surface area contributed by atoms with Gasteiger partial charge in [0.15, 0.2) is 0 Å². The SMILES string of the molecule is CCC1NC(C(C)C)N(C2CN3CCC2CC3)C1=O. The predicted octanol–water partition coefficient (Wildman–Crippen LogP) is 1.27. The number of rotatable bonds is 3. The maximum absolute atomic E-state index is 12.7. The van der Waals surface area contributed by atoms with Crippen LogP contribution in [0.3, 0.4) is 0 Å². The Bertz CT molecular complexity index is 349. The number of nitrogens with one attached hydrogen (secondary N) is 1. The first-order valence-corrected chi connectivity index (χ1v) is 7.92. The standard InChI is InChI=1S/C15H27N3O/c1-4-12-15(19)18(14(16-12)10(2)3)13-9-17-7-5-11(13)6-8-17/h10-14,16H,4-9H2,1-3H3. The fraction of sp³-hybridized carbons (Fsp3) is 0.933. The second-order valence-electron chi connectivity index (χ2n) is 6.77. The number of piperidine rings is 3. The molecule has 0 aromatic rings. The predicted molar refractivity (Wildman–Crippen MR) is 75.6 cm³/mol. The van der Waals surface area contributed by atoms with Crippen molar-refractivity contribution in [2.24, 2.45) is 11.8 Å². The monoisotopic (exact) mass is 265 g/mol. The van der Waals surface area contributed by atoms with E-state index in [2.05, 4.69) is 35.9 Å². The normalized spacial score (nSPS) is 42.4. The molecule has 4 heterocycles. The van der Waals surface area contributed by atoms with Crippen molar-refractivity contribution in [2.75, 3.05) is 19.6 Å². The molecule has 0 aromatic carbocycles. The summed E-state index contributed by atoms with van der Waals surface area (Å²) in [6, 6.07) is 0.495. The third-order valence-corrected chi connectivity index (χ3v) is 5.24. The number of carbonyl (C=O) groups excluding carboxylic acids is 1. The minimum atomic E-state index is 0.0443. The minimum absolute atomic E-state index is 0.0443. The third kappa shape index (κ3) is 2.19. The van der Waals surface area contributed by atoms with Crippen LogP contribution in [0, 0.1) is 11.8 Å². The number of nitrogens with zero attached hydrogens (tertiary/aromatic N) is 2. The third-order valence-electron chi connectivity index (χ3n) is 5.24. The number of hydrogen-bond acceptors (Lipinski definition) is 3. The minimum Gasteiger partial charge on any atom is -0.321 e. The van der Waals surface area contributed by atoms with Gasteiger partial charge in [-0.15, -0.1) is 0 Å². The molecular formula is C15H27N3O. The Kier molecular flexibility index (Phi) is 3.56. The average molecular weight is 265 g/mol. The summed E-state index contributed by atoms with van der Waals surface area (Å²) in [4.78, 5) is 17.4. The van der Waals surface area contributed by atoms with Crippen LogP contribution < -0.4 is 5.32 Å². The van der Waals surface area contributed by atoms with E-state index in [1.165, 1.54) is 25.9 Å². The van der Waals surface area contributed by atoms with E-state index in [1.807, 2.05) is 0 Å². The zero-order valence-corrected chi connectivity index (χ0v) is 12.4. The molecule has 4 fully saturated rings. The van der Waals surface area contributed by atoms with Crippen LogP contribution in [0.15, 0.2) is 0 Å². The van der Waals surface area contributed by atoms with Gasteiger partial charge >= 0.3 is 0 Å². The number of fused-ring (bicyclic) bond motifs is 3. The highest BCUT2D eigenvalue weighted by Gasteiger charge is 2.47. The second-order valence-corrected chi connectivity index (χ2v) is 6.77. The molecule has 3 atom stereocenters. The van der Waals surface area contributed by atoms with Gasteiger partial charge in [0, 0.05) is 12.6 Å². The summed E-state index contributed by atoms with van der Waals surface area (Å²) in [6.45, 7) is 10.1. The van der Waals surface area contributed by atoms with Gasteiger partial charge in [0.05, 0.1) is 12.2 Å². The lowest BCUT2D eigenvalue weighted by molar-refractivity contribution is -0.137. The molecule has 108 valence electrons. The number of carbonyl (C=O) groups is 1. The molecule has 1 N–H and O–H groups in total. The molecule has 4 heteroatoms. The molecule has 19 heavy (non-hydrogen) atoms. The van der Waals surface area contributed by atoms with Gasteiger partial charge < -0.3 is 9.80 Å². The van der Waals surface area contributed by atoms with Gasteiger partial charge in [0.1, 0.15) is 0 Å². The first-order chi connectivity index (χ1) is 9.11. The van der Waals surface area contributed by atoms with E-state index in [4.69, 9.17) is 0 Å². The Balaban J connectivity index is 1.82. The van der Waals surface area contributed by atoms with Gasteiger partial charge in [-0.25, -0.2) is 0 Å². The van der Waals surface area contributed by atoms with E-state index >= 15 is 0 Å². The maximum atomic E-state index is 12.7. The van der Waals surface area contributed by atoms with Crippen molar-refractivity contribution in [3.05, 3.63) is 0 Å². The molecule has 4 nitrogen and oxygen atoms in total. The largest absolute Gasteiger partial charge is 0.321 e. The van der Waals surface area contributed by atoms with Gasteiger partial charge in [-0.05, 0) is 44.2 Å². The highest BCUT2D eigenvalue weighted by Crippen LogP contribution is 2.34. The van der Waals surface area contributed by atoms with Crippen LogP contribution >= 0.6 is 0 Å². The average Bonchev–Trinajstić information content (AvgIpc) is 2.77.